The van der Waals surface area contributed by atoms with Crippen molar-refractivity contribution in [1.29, 1.82) is 0 Å². The van der Waals surface area contributed by atoms with Crippen LogP contribution >= 0.6 is 0 Å². The van der Waals surface area contributed by atoms with Crippen molar-refractivity contribution in [2.75, 3.05) is 5.43 Å². The number of fused-ring (bicyclic) bond motifs is 1. The lowest BCUT2D eigenvalue weighted by Gasteiger charge is -2.13. The van der Waals surface area contributed by atoms with E-state index in [-0.39, 0.29) is 5.76 Å². The highest BCUT2D eigenvalue weighted by Crippen LogP contribution is 2.30. The predicted octanol–water partition coefficient (Wildman–Crippen LogP) is 3.21. The van der Waals surface area contributed by atoms with Crippen LogP contribution in [0.3, 0.4) is 0 Å². The minimum Gasteiger partial charge on any atom is -0.455 e. The first-order valence-electron chi connectivity index (χ1n) is 9.64. The first-order chi connectivity index (χ1) is 14.6. The standard InChI is InChI=1S/C22H21N5O3/c1-14-19-17(25-24-16-6-3-2-4-7-16)8-5-9-18(19)30-20(14)22(29)27-26-21(28)15-10-12-23-13-11-15/h2-4,6-7,10-13,24H,5,8-9H2,1H3,(H,26,28)(H,27,29)/b25-17+. The number of amides is 2. The van der Waals surface area contributed by atoms with Crippen LogP contribution in [0.2, 0.25) is 0 Å². The second-order valence-corrected chi connectivity index (χ2v) is 6.89. The summed E-state index contributed by atoms with van der Waals surface area (Å²) >= 11 is 0. The quantitative estimate of drug-likeness (QED) is 0.580. The molecule has 2 amide bonds. The lowest BCUT2D eigenvalue weighted by atomic mass is 9.93. The molecular weight excluding hydrogens is 382 g/mol. The summed E-state index contributed by atoms with van der Waals surface area (Å²) in [4.78, 5) is 28.6. The Morgan fingerprint density at radius 1 is 1.00 bits per heavy atom. The minimum absolute atomic E-state index is 0.171. The topological polar surface area (TPSA) is 109 Å². The van der Waals surface area contributed by atoms with E-state index >= 15 is 0 Å². The van der Waals surface area contributed by atoms with Gasteiger partial charge in [0.15, 0.2) is 5.76 Å². The number of hydrazone groups is 1. The molecule has 1 aliphatic carbocycles. The molecule has 0 fully saturated rings. The highest BCUT2D eigenvalue weighted by molar-refractivity contribution is 6.07. The molecule has 0 radical (unpaired) electrons. The second-order valence-electron chi connectivity index (χ2n) is 6.89. The van der Waals surface area contributed by atoms with Gasteiger partial charge in [-0.25, -0.2) is 0 Å². The van der Waals surface area contributed by atoms with Crippen molar-refractivity contribution in [2.45, 2.75) is 26.2 Å². The number of hydrazine groups is 1. The fourth-order valence-electron chi connectivity index (χ4n) is 3.39. The van der Waals surface area contributed by atoms with E-state index in [0.717, 1.165) is 42.0 Å². The number of carbonyl (C=O) groups is 2. The monoisotopic (exact) mass is 403 g/mol. The van der Waals surface area contributed by atoms with Crippen molar-refractivity contribution in [3.63, 3.8) is 0 Å². The Kier molecular flexibility index (Phi) is 5.56. The fraction of sp³-hybridized carbons (Fsp3) is 0.182. The number of anilines is 1. The maximum absolute atomic E-state index is 12.6. The zero-order chi connectivity index (χ0) is 20.9. The summed E-state index contributed by atoms with van der Waals surface area (Å²) in [6.07, 6.45) is 5.41. The van der Waals surface area contributed by atoms with Gasteiger partial charge in [-0.2, -0.15) is 5.10 Å². The van der Waals surface area contributed by atoms with Crippen molar-refractivity contribution in [1.82, 2.24) is 15.8 Å². The van der Waals surface area contributed by atoms with Gasteiger partial charge >= 0.3 is 5.91 Å². The van der Waals surface area contributed by atoms with E-state index in [1.165, 1.54) is 12.4 Å². The molecule has 3 N–H and O–H groups in total. The van der Waals surface area contributed by atoms with Crippen molar-refractivity contribution >= 4 is 23.2 Å². The Bertz CT molecular complexity index is 1090. The Labute approximate surface area is 173 Å². The second kappa shape index (κ2) is 8.60. The molecule has 0 bridgehead atoms. The fourth-order valence-corrected chi connectivity index (χ4v) is 3.39. The Balaban J connectivity index is 1.50. The van der Waals surface area contributed by atoms with Crippen molar-refractivity contribution < 1.29 is 14.0 Å². The zero-order valence-corrected chi connectivity index (χ0v) is 16.4. The molecule has 0 atom stereocenters. The third-order valence-electron chi connectivity index (χ3n) is 4.86. The van der Waals surface area contributed by atoms with Crippen LogP contribution in [0.25, 0.3) is 0 Å². The smallest absolute Gasteiger partial charge is 0.305 e. The zero-order valence-electron chi connectivity index (χ0n) is 16.4. The number of aromatic nitrogens is 1. The lowest BCUT2D eigenvalue weighted by molar-refractivity contribution is 0.0829. The number of rotatable bonds is 4. The molecule has 30 heavy (non-hydrogen) atoms. The van der Waals surface area contributed by atoms with Gasteiger partial charge in [-0.1, -0.05) is 18.2 Å². The van der Waals surface area contributed by atoms with Crippen LogP contribution in [-0.2, 0) is 6.42 Å². The van der Waals surface area contributed by atoms with Crippen LogP contribution in [0.1, 0.15) is 50.6 Å². The third kappa shape index (κ3) is 4.07. The molecule has 8 nitrogen and oxygen atoms in total. The molecule has 0 saturated heterocycles. The highest BCUT2D eigenvalue weighted by Gasteiger charge is 2.28. The van der Waals surface area contributed by atoms with Gasteiger partial charge in [0.05, 0.1) is 11.4 Å². The minimum atomic E-state index is -0.514. The Morgan fingerprint density at radius 3 is 2.50 bits per heavy atom. The molecule has 1 aromatic carbocycles. The summed E-state index contributed by atoms with van der Waals surface area (Å²) in [6, 6.07) is 12.8. The number of nitrogens with one attached hydrogen (secondary N) is 3. The first kappa shape index (κ1) is 19.4. The average Bonchev–Trinajstić information content (AvgIpc) is 3.14. The number of nitrogens with zero attached hydrogens (tertiary/aromatic N) is 2. The van der Waals surface area contributed by atoms with Crippen molar-refractivity contribution in [2.24, 2.45) is 5.10 Å². The van der Waals surface area contributed by atoms with Gasteiger partial charge in [-0.15, -0.1) is 0 Å². The van der Waals surface area contributed by atoms with Gasteiger partial charge < -0.3 is 4.42 Å². The number of benzene rings is 1. The van der Waals surface area contributed by atoms with Crippen LogP contribution in [0.15, 0.2) is 64.4 Å². The average molecular weight is 403 g/mol. The van der Waals surface area contributed by atoms with E-state index in [1.54, 1.807) is 12.1 Å². The van der Waals surface area contributed by atoms with E-state index in [9.17, 15) is 9.59 Å². The van der Waals surface area contributed by atoms with E-state index in [4.69, 9.17) is 4.42 Å². The molecule has 0 saturated carbocycles. The summed E-state index contributed by atoms with van der Waals surface area (Å²) in [5.41, 5.74) is 11.6. The van der Waals surface area contributed by atoms with Crippen LogP contribution in [0.5, 0.6) is 0 Å². The molecule has 2 aromatic heterocycles. The maximum Gasteiger partial charge on any atom is 0.305 e. The van der Waals surface area contributed by atoms with E-state index < -0.39 is 11.8 Å². The van der Waals surface area contributed by atoms with Gasteiger partial charge in [-0.05, 0) is 44.0 Å². The van der Waals surface area contributed by atoms with Crippen molar-refractivity contribution in [3.05, 3.63) is 83.1 Å². The lowest BCUT2D eigenvalue weighted by Crippen LogP contribution is -2.41. The summed E-state index contributed by atoms with van der Waals surface area (Å²) in [5.74, 6) is -0.0454. The number of carbonyl (C=O) groups excluding carboxylic acids is 2. The molecule has 0 spiro atoms. The molecule has 1 aliphatic rings. The summed E-state index contributed by atoms with van der Waals surface area (Å²) in [7, 11) is 0. The van der Waals surface area contributed by atoms with E-state index in [0.29, 0.717) is 11.1 Å². The SMILES string of the molecule is Cc1c(C(=O)NNC(=O)c2ccncc2)oc2c1/C(=N/Nc1ccccc1)CCC2. The number of hydrogen-bond donors (Lipinski definition) is 3. The predicted molar refractivity (Wildman–Crippen MR) is 112 cm³/mol. The highest BCUT2D eigenvalue weighted by atomic mass is 16.4. The Hall–Kier alpha value is -3.94. The van der Waals surface area contributed by atoms with Crippen LogP contribution < -0.4 is 16.3 Å². The van der Waals surface area contributed by atoms with Crippen LogP contribution in [0, 0.1) is 6.92 Å². The van der Waals surface area contributed by atoms with Crippen LogP contribution in [0.4, 0.5) is 5.69 Å². The third-order valence-corrected chi connectivity index (χ3v) is 4.86. The number of furan rings is 1. The van der Waals surface area contributed by atoms with E-state index in [2.05, 4.69) is 26.4 Å². The largest absolute Gasteiger partial charge is 0.455 e. The molecule has 0 unspecified atom stereocenters. The first-order valence-corrected chi connectivity index (χ1v) is 9.64. The maximum atomic E-state index is 12.6. The van der Waals surface area contributed by atoms with Crippen LogP contribution in [-0.4, -0.2) is 22.5 Å². The van der Waals surface area contributed by atoms with Gasteiger partial charge in [0.25, 0.3) is 5.91 Å². The summed E-state index contributed by atoms with van der Waals surface area (Å²) < 4.78 is 5.84. The Morgan fingerprint density at radius 2 is 1.73 bits per heavy atom. The number of aryl methyl sites for hydroxylation is 1. The number of pyridine rings is 1. The van der Waals surface area contributed by atoms with Gasteiger partial charge in [0.1, 0.15) is 5.76 Å². The van der Waals surface area contributed by atoms with Crippen molar-refractivity contribution in [3.8, 4) is 0 Å². The summed E-state index contributed by atoms with van der Waals surface area (Å²) in [5, 5.41) is 4.54. The molecule has 152 valence electrons. The molecule has 0 aliphatic heterocycles. The number of hydrogen-bond acceptors (Lipinski definition) is 6. The van der Waals surface area contributed by atoms with E-state index in [1.807, 2.05) is 37.3 Å². The molecule has 3 aromatic rings. The molecule has 8 heteroatoms. The molecule has 2 heterocycles. The van der Waals surface area contributed by atoms with Gasteiger partial charge in [0.2, 0.25) is 0 Å². The number of para-hydroxylation sites is 1. The molecular formula is C22H21N5O3. The normalized spacial score (nSPS) is 14.1. The molecule has 4 rings (SSSR count). The van der Waals surface area contributed by atoms with Gasteiger partial charge in [-0.3, -0.25) is 30.9 Å². The van der Waals surface area contributed by atoms with Gasteiger partial charge in [0, 0.05) is 35.5 Å². The summed E-state index contributed by atoms with van der Waals surface area (Å²) in [6.45, 7) is 1.82.